The lowest BCUT2D eigenvalue weighted by atomic mass is 9.94. The van der Waals surface area contributed by atoms with Crippen LogP contribution in [0.25, 0.3) is 16.9 Å². The smallest absolute Gasteiger partial charge is 0.139 e. The van der Waals surface area contributed by atoms with E-state index in [-0.39, 0.29) is 6.67 Å². The Morgan fingerprint density at radius 3 is 2.76 bits per heavy atom. The van der Waals surface area contributed by atoms with E-state index >= 15 is 0 Å². The summed E-state index contributed by atoms with van der Waals surface area (Å²) < 4.78 is 14.6. The minimum atomic E-state index is -0.188. The number of nitrogens with zero attached hydrogens (tertiary/aromatic N) is 3. The largest absolute Gasteiger partial charge is 0.371 e. The summed E-state index contributed by atoms with van der Waals surface area (Å²) in [6, 6.07) is 12.8. The van der Waals surface area contributed by atoms with E-state index in [0.29, 0.717) is 12.3 Å². The molecule has 0 bridgehead atoms. The van der Waals surface area contributed by atoms with Crippen LogP contribution in [0, 0.1) is 12.8 Å². The highest BCUT2D eigenvalue weighted by atomic mass is 19.1. The van der Waals surface area contributed by atoms with Crippen molar-refractivity contribution in [2.75, 3.05) is 24.7 Å². The van der Waals surface area contributed by atoms with Gasteiger partial charge in [0.1, 0.15) is 5.65 Å². The number of halogens is 1. The average molecular weight is 337 g/mol. The van der Waals surface area contributed by atoms with Crippen LogP contribution in [0.3, 0.4) is 0 Å². The van der Waals surface area contributed by atoms with Gasteiger partial charge in [0, 0.05) is 42.8 Å². The third-order valence-electron chi connectivity index (χ3n) is 5.25. The third-order valence-corrected chi connectivity index (χ3v) is 5.25. The molecule has 2 aromatic heterocycles. The Morgan fingerprint density at radius 1 is 1.16 bits per heavy atom. The van der Waals surface area contributed by atoms with Gasteiger partial charge in [-0.25, -0.2) is 4.98 Å². The molecule has 1 fully saturated rings. The molecule has 0 N–H and O–H groups in total. The van der Waals surface area contributed by atoms with Crippen LogP contribution < -0.4 is 4.90 Å². The van der Waals surface area contributed by atoms with Crippen molar-refractivity contribution >= 4 is 11.3 Å². The van der Waals surface area contributed by atoms with Gasteiger partial charge < -0.3 is 9.30 Å². The maximum atomic E-state index is 12.5. The molecule has 25 heavy (non-hydrogen) atoms. The first-order valence-electron chi connectivity index (χ1n) is 9.09. The van der Waals surface area contributed by atoms with Gasteiger partial charge in [-0.3, -0.25) is 4.39 Å². The molecule has 0 radical (unpaired) electrons. The van der Waals surface area contributed by atoms with Crippen LogP contribution >= 0.6 is 0 Å². The van der Waals surface area contributed by atoms with E-state index in [1.165, 1.54) is 11.3 Å². The molecule has 4 heteroatoms. The zero-order chi connectivity index (χ0) is 17.2. The SMILES string of the molecule is Cc1cccc(-c2cn3ccc(N4CCC(CCF)CC4)cc3n2)c1. The van der Waals surface area contributed by atoms with Crippen LogP contribution in [-0.2, 0) is 0 Å². The molecule has 0 unspecified atom stereocenters. The first kappa shape index (κ1) is 16.1. The number of aryl methyl sites for hydroxylation is 1. The van der Waals surface area contributed by atoms with Crippen molar-refractivity contribution in [3.05, 3.63) is 54.4 Å². The molecular formula is C21H24FN3. The fraction of sp³-hybridized carbons (Fsp3) is 0.381. The number of alkyl halides is 1. The molecule has 3 heterocycles. The van der Waals surface area contributed by atoms with E-state index in [2.05, 4.69) is 65.0 Å². The fourth-order valence-electron chi connectivity index (χ4n) is 3.75. The maximum Gasteiger partial charge on any atom is 0.139 e. The van der Waals surface area contributed by atoms with Crippen molar-refractivity contribution in [2.24, 2.45) is 5.92 Å². The molecule has 0 amide bonds. The summed E-state index contributed by atoms with van der Waals surface area (Å²) in [5, 5.41) is 0. The fourth-order valence-corrected chi connectivity index (χ4v) is 3.75. The van der Waals surface area contributed by atoms with E-state index < -0.39 is 0 Å². The van der Waals surface area contributed by atoms with E-state index in [0.717, 1.165) is 42.8 Å². The van der Waals surface area contributed by atoms with Gasteiger partial charge in [-0.05, 0) is 44.2 Å². The molecule has 0 saturated carbocycles. The summed E-state index contributed by atoms with van der Waals surface area (Å²) in [4.78, 5) is 7.21. The van der Waals surface area contributed by atoms with E-state index in [1.54, 1.807) is 0 Å². The predicted octanol–water partition coefficient (Wildman–Crippen LogP) is 4.89. The topological polar surface area (TPSA) is 20.5 Å². The van der Waals surface area contributed by atoms with Crippen molar-refractivity contribution in [1.82, 2.24) is 9.38 Å². The Balaban J connectivity index is 1.57. The zero-order valence-corrected chi connectivity index (χ0v) is 14.7. The number of fused-ring (bicyclic) bond motifs is 1. The van der Waals surface area contributed by atoms with Gasteiger partial charge in [-0.2, -0.15) is 0 Å². The highest BCUT2D eigenvalue weighted by Gasteiger charge is 2.19. The van der Waals surface area contributed by atoms with Gasteiger partial charge in [0.15, 0.2) is 0 Å². The zero-order valence-electron chi connectivity index (χ0n) is 14.7. The van der Waals surface area contributed by atoms with Crippen molar-refractivity contribution in [2.45, 2.75) is 26.2 Å². The van der Waals surface area contributed by atoms with Crippen LogP contribution in [-0.4, -0.2) is 29.1 Å². The number of hydrogen-bond acceptors (Lipinski definition) is 2. The molecule has 1 saturated heterocycles. The third kappa shape index (κ3) is 3.39. The Hall–Kier alpha value is -2.36. The first-order chi connectivity index (χ1) is 12.2. The van der Waals surface area contributed by atoms with Crippen LogP contribution in [0.5, 0.6) is 0 Å². The molecule has 3 aromatic rings. The van der Waals surface area contributed by atoms with Crippen LogP contribution in [0.15, 0.2) is 48.8 Å². The number of pyridine rings is 1. The van der Waals surface area contributed by atoms with Gasteiger partial charge in [-0.1, -0.05) is 23.8 Å². The Kier molecular flexibility index (Phi) is 4.43. The normalized spacial score (nSPS) is 15.8. The van der Waals surface area contributed by atoms with Gasteiger partial charge in [0.25, 0.3) is 0 Å². The van der Waals surface area contributed by atoms with Gasteiger partial charge >= 0.3 is 0 Å². The van der Waals surface area contributed by atoms with E-state index in [1.807, 2.05) is 0 Å². The summed E-state index contributed by atoms with van der Waals surface area (Å²) >= 11 is 0. The Morgan fingerprint density at radius 2 is 2.00 bits per heavy atom. The first-order valence-corrected chi connectivity index (χ1v) is 9.09. The van der Waals surface area contributed by atoms with Crippen molar-refractivity contribution in [1.29, 1.82) is 0 Å². The molecule has 130 valence electrons. The van der Waals surface area contributed by atoms with Crippen molar-refractivity contribution in [3.63, 3.8) is 0 Å². The lowest BCUT2D eigenvalue weighted by molar-refractivity contribution is 0.332. The molecule has 0 atom stereocenters. The monoisotopic (exact) mass is 337 g/mol. The minimum absolute atomic E-state index is 0.188. The van der Waals surface area contributed by atoms with E-state index in [9.17, 15) is 4.39 Å². The molecule has 4 rings (SSSR count). The second-order valence-corrected chi connectivity index (χ2v) is 7.05. The van der Waals surface area contributed by atoms with Crippen LogP contribution in [0.1, 0.15) is 24.8 Å². The number of aromatic nitrogens is 2. The van der Waals surface area contributed by atoms with Crippen LogP contribution in [0.2, 0.25) is 0 Å². The van der Waals surface area contributed by atoms with Crippen molar-refractivity contribution in [3.8, 4) is 11.3 Å². The molecule has 1 aromatic carbocycles. The quantitative estimate of drug-likeness (QED) is 0.676. The summed E-state index contributed by atoms with van der Waals surface area (Å²) in [7, 11) is 0. The predicted molar refractivity (Wildman–Crippen MR) is 101 cm³/mol. The molecular weight excluding hydrogens is 313 g/mol. The standard InChI is InChI=1S/C21H24FN3/c1-16-3-2-4-18(13-16)20-15-25-12-8-19(14-21(25)23-20)24-10-6-17(5-9-22)7-11-24/h2-4,8,12-15,17H,5-7,9-11H2,1H3. The van der Waals surface area contributed by atoms with Crippen molar-refractivity contribution < 1.29 is 4.39 Å². The molecule has 1 aliphatic heterocycles. The summed E-state index contributed by atoms with van der Waals surface area (Å²) in [5.41, 5.74) is 5.58. The van der Waals surface area contributed by atoms with Gasteiger partial charge in [0.05, 0.1) is 12.4 Å². The summed E-state index contributed by atoms with van der Waals surface area (Å²) in [5.74, 6) is 0.546. The molecule has 0 spiro atoms. The van der Waals surface area contributed by atoms with Crippen LogP contribution in [0.4, 0.5) is 10.1 Å². The summed E-state index contributed by atoms with van der Waals surface area (Å²) in [6.07, 6.45) is 7.05. The number of imidazole rings is 1. The average Bonchev–Trinajstić information content (AvgIpc) is 3.06. The van der Waals surface area contributed by atoms with Gasteiger partial charge in [0.2, 0.25) is 0 Å². The molecule has 1 aliphatic rings. The Bertz CT molecular complexity index is 862. The maximum absolute atomic E-state index is 12.5. The minimum Gasteiger partial charge on any atom is -0.371 e. The lowest BCUT2D eigenvalue weighted by Gasteiger charge is -2.33. The number of anilines is 1. The second kappa shape index (κ2) is 6.87. The van der Waals surface area contributed by atoms with E-state index in [4.69, 9.17) is 4.98 Å². The highest BCUT2D eigenvalue weighted by molar-refractivity contribution is 5.66. The number of benzene rings is 1. The molecule has 3 nitrogen and oxygen atoms in total. The number of piperidine rings is 1. The highest BCUT2D eigenvalue weighted by Crippen LogP contribution is 2.27. The summed E-state index contributed by atoms with van der Waals surface area (Å²) in [6.45, 7) is 3.93. The lowest BCUT2D eigenvalue weighted by Crippen LogP contribution is -2.33. The number of hydrogen-bond donors (Lipinski definition) is 0. The second-order valence-electron chi connectivity index (χ2n) is 7.05. The molecule has 0 aliphatic carbocycles. The number of rotatable bonds is 4. The Labute approximate surface area is 148 Å². The van der Waals surface area contributed by atoms with Gasteiger partial charge in [-0.15, -0.1) is 0 Å².